The molecule has 0 radical (unpaired) electrons. The molecule has 5 heteroatoms. The van der Waals surface area contributed by atoms with Gasteiger partial charge in [-0.15, -0.1) is 0 Å². The molecule has 0 spiro atoms. The van der Waals surface area contributed by atoms with Crippen LogP contribution in [0.3, 0.4) is 0 Å². The van der Waals surface area contributed by atoms with Gasteiger partial charge in [0.05, 0.1) is 0 Å². The third-order valence-corrected chi connectivity index (χ3v) is 5.65. The predicted molar refractivity (Wildman–Crippen MR) is 101 cm³/mol. The van der Waals surface area contributed by atoms with E-state index in [1.165, 1.54) is 0 Å². The maximum absolute atomic E-state index is 12.8. The summed E-state index contributed by atoms with van der Waals surface area (Å²) in [6.45, 7) is 0. The van der Waals surface area contributed by atoms with Crippen molar-refractivity contribution in [1.29, 1.82) is 0 Å². The summed E-state index contributed by atoms with van der Waals surface area (Å²) in [5, 5.41) is 0.725. The number of ether oxygens (including phenoxy) is 1. The minimum absolute atomic E-state index is 0.152. The molecule has 2 unspecified atom stereocenters. The second kappa shape index (κ2) is 7.67. The van der Waals surface area contributed by atoms with Crippen molar-refractivity contribution in [3.8, 4) is 5.88 Å². The van der Waals surface area contributed by atoms with Crippen LogP contribution in [0.2, 0.25) is 5.02 Å². The van der Waals surface area contributed by atoms with E-state index in [0.29, 0.717) is 24.4 Å². The van der Waals surface area contributed by atoms with E-state index in [-0.39, 0.29) is 12.0 Å². The summed E-state index contributed by atoms with van der Waals surface area (Å²) < 4.78 is 6.04. The largest absolute Gasteiger partial charge is 0.474 e. The molecule has 1 aromatic heterocycles. The van der Waals surface area contributed by atoms with Crippen molar-refractivity contribution in [2.24, 2.45) is 0 Å². The Hall–Kier alpha value is -2.07. The van der Waals surface area contributed by atoms with Gasteiger partial charge >= 0.3 is 0 Å². The van der Waals surface area contributed by atoms with Gasteiger partial charge in [0.15, 0.2) is 0 Å². The Morgan fingerprint density at radius 3 is 2.65 bits per heavy atom. The third kappa shape index (κ3) is 3.85. The Morgan fingerprint density at radius 1 is 1.15 bits per heavy atom. The molecule has 2 aliphatic heterocycles. The SMILES string of the molecule is O=C(CCc1cccc(Cl)c1)N1C2CCC1CC(Oc1ccccn1)C2. The fourth-order valence-corrected chi connectivity index (χ4v) is 4.50. The van der Waals surface area contributed by atoms with Crippen molar-refractivity contribution in [2.45, 2.75) is 56.7 Å². The van der Waals surface area contributed by atoms with Crippen LogP contribution in [-0.4, -0.2) is 34.0 Å². The van der Waals surface area contributed by atoms with Gasteiger partial charge in [-0.2, -0.15) is 0 Å². The third-order valence-electron chi connectivity index (χ3n) is 5.42. The molecular formula is C21H23ClN2O2. The first-order chi connectivity index (χ1) is 12.7. The van der Waals surface area contributed by atoms with Gasteiger partial charge in [-0.3, -0.25) is 4.79 Å². The average Bonchev–Trinajstić information content (AvgIpc) is 2.92. The smallest absolute Gasteiger partial charge is 0.223 e. The van der Waals surface area contributed by atoms with Crippen LogP contribution in [0.25, 0.3) is 0 Å². The maximum atomic E-state index is 12.8. The number of hydrogen-bond donors (Lipinski definition) is 0. The summed E-state index contributed by atoms with van der Waals surface area (Å²) >= 11 is 6.03. The number of aryl methyl sites for hydroxylation is 1. The lowest BCUT2D eigenvalue weighted by Gasteiger charge is -2.38. The maximum Gasteiger partial charge on any atom is 0.223 e. The van der Waals surface area contributed by atoms with Gasteiger partial charge in [0.2, 0.25) is 11.8 Å². The summed E-state index contributed by atoms with van der Waals surface area (Å²) in [6, 6.07) is 14.1. The number of aromatic nitrogens is 1. The zero-order valence-corrected chi connectivity index (χ0v) is 15.4. The first-order valence-electron chi connectivity index (χ1n) is 9.32. The van der Waals surface area contributed by atoms with E-state index in [0.717, 1.165) is 42.7 Å². The predicted octanol–water partition coefficient (Wildman–Crippen LogP) is 4.27. The highest BCUT2D eigenvalue weighted by atomic mass is 35.5. The Morgan fingerprint density at radius 2 is 1.96 bits per heavy atom. The topological polar surface area (TPSA) is 42.4 Å². The number of amides is 1. The van der Waals surface area contributed by atoms with Gasteiger partial charge in [0.1, 0.15) is 6.10 Å². The number of carbonyl (C=O) groups is 1. The molecule has 1 amide bonds. The molecule has 1 aromatic carbocycles. The van der Waals surface area contributed by atoms with E-state index in [9.17, 15) is 4.79 Å². The van der Waals surface area contributed by atoms with Crippen LogP contribution in [0.5, 0.6) is 5.88 Å². The Balaban J connectivity index is 1.34. The van der Waals surface area contributed by atoms with E-state index in [4.69, 9.17) is 16.3 Å². The van der Waals surface area contributed by atoms with E-state index in [1.807, 2.05) is 42.5 Å². The molecule has 0 saturated carbocycles. The van der Waals surface area contributed by atoms with Crippen molar-refractivity contribution in [3.63, 3.8) is 0 Å². The number of benzene rings is 1. The fraction of sp³-hybridized carbons (Fsp3) is 0.429. The molecule has 26 heavy (non-hydrogen) atoms. The van der Waals surface area contributed by atoms with Crippen LogP contribution in [0.15, 0.2) is 48.7 Å². The Kier molecular flexibility index (Phi) is 5.11. The lowest BCUT2D eigenvalue weighted by Crippen LogP contribution is -2.49. The van der Waals surface area contributed by atoms with E-state index in [1.54, 1.807) is 6.20 Å². The van der Waals surface area contributed by atoms with Crippen molar-refractivity contribution >= 4 is 17.5 Å². The normalized spacial score (nSPS) is 24.5. The van der Waals surface area contributed by atoms with E-state index < -0.39 is 0 Å². The summed E-state index contributed by atoms with van der Waals surface area (Å²) in [6.07, 6.45) is 7.14. The van der Waals surface area contributed by atoms with Crippen LogP contribution < -0.4 is 4.74 Å². The van der Waals surface area contributed by atoms with Crippen LogP contribution in [0, 0.1) is 0 Å². The molecule has 3 heterocycles. The number of rotatable bonds is 5. The number of piperidine rings is 1. The van der Waals surface area contributed by atoms with Crippen molar-refractivity contribution in [1.82, 2.24) is 9.88 Å². The molecule has 4 nitrogen and oxygen atoms in total. The van der Waals surface area contributed by atoms with Gasteiger partial charge in [0.25, 0.3) is 0 Å². The van der Waals surface area contributed by atoms with Crippen LogP contribution in [-0.2, 0) is 11.2 Å². The minimum atomic E-state index is 0.152. The number of carbonyl (C=O) groups excluding carboxylic acids is 1. The quantitative estimate of drug-likeness (QED) is 0.789. The minimum Gasteiger partial charge on any atom is -0.474 e. The highest BCUT2D eigenvalue weighted by Gasteiger charge is 2.43. The molecule has 2 atom stereocenters. The van der Waals surface area contributed by atoms with Crippen LogP contribution in [0.1, 0.15) is 37.7 Å². The van der Waals surface area contributed by atoms with Crippen LogP contribution >= 0.6 is 11.6 Å². The van der Waals surface area contributed by atoms with Gasteiger partial charge in [-0.05, 0) is 43.0 Å². The highest BCUT2D eigenvalue weighted by molar-refractivity contribution is 6.30. The zero-order valence-electron chi connectivity index (χ0n) is 14.7. The number of halogens is 1. The van der Waals surface area contributed by atoms with Gasteiger partial charge in [0, 0.05) is 48.6 Å². The summed E-state index contributed by atoms with van der Waals surface area (Å²) in [5.74, 6) is 0.936. The fourth-order valence-electron chi connectivity index (χ4n) is 4.29. The Bertz CT molecular complexity index is 754. The van der Waals surface area contributed by atoms with E-state index in [2.05, 4.69) is 9.88 Å². The van der Waals surface area contributed by atoms with Crippen molar-refractivity contribution < 1.29 is 9.53 Å². The second-order valence-corrected chi connectivity index (χ2v) is 7.63. The van der Waals surface area contributed by atoms with E-state index >= 15 is 0 Å². The highest BCUT2D eigenvalue weighted by Crippen LogP contribution is 2.37. The molecular weight excluding hydrogens is 348 g/mol. The van der Waals surface area contributed by atoms with Crippen LogP contribution in [0.4, 0.5) is 0 Å². The molecule has 2 bridgehead atoms. The number of fused-ring (bicyclic) bond motifs is 2. The lowest BCUT2D eigenvalue weighted by molar-refractivity contribution is -0.137. The Labute approximate surface area is 159 Å². The summed E-state index contributed by atoms with van der Waals surface area (Å²) in [7, 11) is 0. The first-order valence-corrected chi connectivity index (χ1v) is 9.70. The molecule has 0 aliphatic carbocycles. The van der Waals surface area contributed by atoms with Gasteiger partial charge in [-0.25, -0.2) is 4.98 Å². The summed E-state index contributed by atoms with van der Waals surface area (Å²) in [5.41, 5.74) is 1.12. The molecule has 136 valence electrons. The summed E-state index contributed by atoms with van der Waals surface area (Å²) in [4.78, 5) is 19.2. The van der Waals surface area contributed by atoms with Gasteiger partial charge in [-0.1, -0.05) is 29.8 Å². The first kappa shape index (κ1) is 17.3. The molecule has 4 rings (SSSR count). The molecule has 0 N–H and O–H groups in total. The average molecular weight is 371 g/mol. The number of pyridine rings is 1. The molecule has 2 aromatic rings. The molecule has 2 aliphatic rings. The van der Waals surface area contributed by atoms with Gasteiger partial charge < -0.3 is 9.64 Å². The standard InChI is InChI=1S/C21H23ClN2O2/c22-16-5-3-4-15(12-16)7-10-21(25)24-17-8-9-18(24)14-19(13-17)26-20-6-1-2-11-23-20/h1-6,11-12,17-19H,7-10,13-14H2. The molecule has 2 saturated heterocycles. The van der Waals surface area contributed by atoms with Crippen molar-refractivity contribution in [2.75, 3.05) is 0 Å². The second-order valence-electron chi connectivity index (χ2n) is 7.20. The number of nitrogens with zero attached hydrogens (tertiary/aromatic N) is 2. The molecule has 2 fully saturated rings. The number of hydrogen-bond acceptors (Lipinski definition) is 3. The van der Waals surface area contributed by atoms with Crippen molar-refractivity contribution in [3.05, 3.63) is 59.2 Å². The monoisotopic (exact) mass is 370 g/mol. The lowest BCUT2D eigenvalue weighted by atomic mass is 9.98. The zero-order chi connectivity index (χ0) is 17.9.